The first-order valence-corrected chi connectivity index (χ1v) is 10.7. The maximum absolute atomic E-state index is 4.96. The second kappa shape index (κ2) is 7.21. The molecule has 0 aromatic carbocycles. The van der Waals surface area contributed by atoms with Crippen LogP contribution in [0.5, 0.6) is 0 Å². The van der Waals surface area contributed by atoms with Crippen LogP contribution in [0.3, 0.4) is 0 Å². The summed E-state index contributed by atoms with van der Waals surface area (Å²) in [5.41, 5.74) is 7.05. The van der Waals surface area contributed by atoms with Crippen LogP contribution in [0, 0.1) is 0 Å². The average Bonchev–Trinajstić information content (AvgIpc) is 3.43. The number of nitrogens with zero attached hydrogens (tertiary/aromatic N) is 5. The molecule has 0 amide bonds. The number of rotatable bonds is 3. The summed E-state index contributed by atoms with van der Waals surface area (Å²) >= 11 is 0. The van der Waals surface area contributed by atoms with E-state index in [1.807, 2.05) is 18.6 Å². The Balaban J connectivity index is 1.44. The molecule has 2 aliphatic rings. The summed E-state index contributed by atoms with van der Waals surface area (Å²) in [7, 11) is 0. The van der Waals surface area contributed by atoms with Gasteiger partial charge in [-0.05, 0) is 43.9 Å². The Morgan fingerprint density at radius 1 is 1.00 bits per heavy atom. The number of pyridine rings is 2. The van der Waals surface area contributed by atoms with Gasteiger partial charge in [-0.3, -0.25) is 15.1 Å². The molecule has 0 aliphatic carbocycles. The first kappa shape index (κ1) is 17.6. The zero-order valence-corrected chi connectivity index (χ0v) is 16.8. The molecule has 0 atom stereocenters. The second-order valence-electron chi connectivity index (χ2n) is 8.06. The van der Waals surface area contributed by atoms with Crippen molar-refractivity contribution in [2.75, 3.05) is 31.1 Å². The molecule has 2 aliphatic heterocycles. The molecule has 3 N–H and O–H groups in total. The van der Waals surface area contributed by atoms with Gasteiger partial charge in [0.1, 0.15) is 11.2 Å². The molecule has 4 aromatic heterocycles. The lowest BCUT2D eigenvalue weighted by atomic mass is 10.0. The van der Waals surface area contributed by atoms with E-state index in [2.05, 4.69) is 47.5 Å². The van der Waals surface area contributed by atoms with Crippen LogP contribution in [0.1, 0.15) is 31.4 Å². The molecule has 8 heteroatoms. The summed E-state index contributed by atoms with van der Waals surface area (Å²) in [6.45, 7) is 4.00. The number of aromatic amines is 2. The smallest absolute Gasteiger partial charge is 0.159 e. The van der Waals surface area contributed by atoms with E-state index in [4.69, 9.17) is 4.98 Å². The fourth-order valence-corrected chi connectivity index (χ4v) is 4.53. The fourth-order valence-electron chi connectivity index (χ4n) is 4.53. The summed E-state index contributed by atoms with van der Waals surface area (Å²) in [5, 5.41) is 12.1. The monoisotopic (exact) mass is 400 g/mol. The highest BCUT2D eigenvalue weighted by molar-refractivity contribution is 5.96. The van der Waals surface area contributed by atoms with Crippen LogP contribution in [-0.2, 0) is 0 Å². The number of fused-ring (bicyclic) bond motifs is 2. The zero-order chi connectivity index (χ0) is 19.9. The molecule has 0 unspecified atom stereocenters. The molecule has 6 heterocycles. The third-order valence-corrected chi connectivity index (χ3v) is 6.14. The molecule has 0 spiro atoms. The summed E-state index contributed by atoms with van der Waals surface area (Å²) in [4.78, 5) is 19.9. The normalized spacial score (nSPS) is 17.6. The number of hydrogen-bond acceptors (Lipinski definition) is 6. The molecule has 0 bridgehead atoms. The van der Waals surface area contributed by atoms with Gasteiger partial charge < -0.3 is 15.2 Å². The Labute approximate surface area is 173 Å². The predicted octanol–water partition coefficient (Wildman–Crippen LogP) is 3.26. The first-order chi connectivity index (χ1) is 14.9. The van der Waals surface area contributed by atoms with Gasteiger partial charge in [-0.25, -0.2) is 4.98 Å². The molecule has 0 radical (unpaired) electrons. The minimum absolute atomic E-state index is 0.763. The van der Waals surface area contributed by atoms with Crippen molar-refractivity contribution in [2.24, 2.45) is 0 Å². The van der Waals surface area contributed by atoms with Gasteiger partial charge in [0.25, 0.3) is 0 Å². The predicted molar refractivity (Wildman–Crippen MR) is 118 cm³/mol. The molecule has 0 saturated carbocycles. The van der Waals surface area contributed by atoms with Crippen molar-refractivity contribution in [1.29, 1.82) is 0 Å². The molecular weight excluding hydrogens is 376 g/mol. The van der Waals surface area contributed by atoms with Crippen LogP contribution >= 0.6 is 0 Å². The Kier molecular flexibility index (Phi) is 4.23. The average molecular weight is 400 g/mol. The molecule has 152 valence electrons. The van der Waals surface area contributed by atoms with Crippen LogP contribution in [0.25, 0.3) is 39.0 Å². The van der Waals surface area contributed by atoms with Crippen molar-refractivity contribution in [1.82, 2.24) is 35.5 Å². The Hall–Kier alpha value is -3.26. The van der Waals surface area contributed by atoms with E-state index in [-0.39, 0.29) is 0 Å². The van der Waals surface area contributed by atoms with Crippen LogP contribution in [-0.4, -0.2) is 56.3 Å². The van der Waals surface area contributed by atoms with E-state index in [0.29, 0.717) is 0 Å². The Morgan fingerprint density at radius 3 is 2.80 bits per heavy atom. The van der Waals surface area contributed by atoms with Gasteiger partial charge in [-0.1, -0.05) is 6.08 Å². The van der Waals surface area contributed by atoms with Gasteiger partial charge >= 0.3 is 0 Å². The van der Waals surface area contributed by atoms with Crippen molar-refractivity contribution in [3.05, 3.63) is 36.4 Å². The summed E-state index contributed by atoms with van der Waals surface area (Å²) < 4.78 is 0. The zero-order valence-electron chi connectivity index (χ0n) is 16.8. The first-order valence-electron chi connectivity index (χ1n) is 10.7. The van der Waals surface area contributed by atoms with Crippen molar-refractivity contribution in [3.8, 4) is 11.5 Å². The molecule has 1 saturated heterocycles. The topological polar surface area (TPSA) is 98.4 Å². The number of hydrogen-bond donors (Lipinski definition) is 3. The van der Waals surface area contributed by atoms with Crippen LogP contribution in [0.2, 0.25) is 0 Å². The van der Waals surface area contributed by atoms with E-state index in [0.717, 1.165) is 77.4 Å². The second-order valence-corrected chi connectivity index (χ2v) is 8.06. The molecule has 30 heavy (non-hydrogen) atoms. The van der Waals surface area contributed by atoms with Crippen molar-refractivity contribution in [3.63, 3.8) is 0 Å². The van der Waals surface area contributed by atoms with E-state index >= 15 is 0 Å². The SMILES string of the molecule is C1=C(c2cc3c(-c4nc5c(N6CCCCC6)cncc5[nH]4)n[nH]c3cn2)CCNC1. The Bertz CT molecular complexity index is 1240. The minimum atomic E-state index is 0.763. The van der Waals surface area contributed by atoms with Crippen LogP contribution in [0.15, 0.2) is 30.7 Å². The number of H-pyrrole nitrogens is 2. The van der Waals surface area contributed by atoms with E-state index in [1.165, 1.54) is 24.8 Å². The molecule has 4 aromatic rings. The van der Waals surface area contributed by atoms with Gasteiger partial charge in [0, 0.05) is 25.0 Å². The van der Waals surface area contributed by atoms with Gasteiger partial charge in [-0.2, -0.15) is 5.10 Å². The largest absolute Gasteiger partial charge is 0.368 e. The van der Waals surface area contributed by atoms with Crippen molar-refractivity contribution < 1.29 is 0 Å². The third-order valence-electron chi connectivity index (χ3n) is 6.14. The van der Waals surface area contributed by atoms with Gasteiger partial charge in [0.05, 0.1) is 41.0 Å². The summed E-state index contributed by atoms with van der Waals surface area (Å²) in [5.74, 6) is 0.763. The lowest BCUT2D eigenvalue weighted by molar-refractivity contribution is 0.578. The lowest BCUT2D eigenvalue weighted by Gasteiger charge is -2.28. The summed E-state index contributed by atoms with van der Waals surface area (Å²) in [6.07, 6.45) is 12.6. The number of piperidine rings is 1. The molecule has 8 nitrogen and oxygen atoms in total. The van der Waals surface area contributed by atoms with E-state index < -0.39 is 0 Å². The number of nitrogens with one attached hydrogen (secondary N) is 3. The standard InChI is InChI=1S/C22H24N8/c1-2-8-30(9-3-1)19-13-24-11-18-21(19)27-22(26-18)20-15-10-16(14-4-6-23-7-5-14)25-12-17(15)28-29-20/h4,10-13,23H,1-3,5-9H2,(H,26,27)(H,28,29). The quantitative estimate of drug-likeness (QED) is 0.488. The summed E-state index contributed by atoms with van der Waals surface area (Å²) in [6, 6.07) is 2.13. The molecule has 1 fully saturated rings. The Morgan fingerprint density at radius 2 is 1.93 bits per heavy atom. The highest BCUT2D eigenvalue weighted by Gasteiger charge is 2.19. The van der Waals surface area contributed by atoms with Gasteiger partial charge in [0.15, 0.2) is 5.82 Å². The van der Waals surface area contributed by atoms with Gasteiger partial charge in [-0.15, -0.1) is 0 Å². The maximum Gasteiger partial charge on any atom is 0.159 e. The highest BCUT2D eigenvalue weighted by Crippen LogP contribution is 2.32. The van der Waals surface area contributed by atoms with Crippen molar-refractivity contribution in [2.45, 2.75) is 25.7 Å². The lowest BCUT2D eigenvalue weighted by Crippen LogP contribution is -2.29. The van der Waals surface area contributed by atoms with E-state index in [1.54, 1.807) is 0 Å². The number of imidazole rings is 1. The van der Waals surface area contributed by atoms with Crippen LogP contribution in [0.4, 0.5) is 5.69 Å². The van der Waals surface area contributed by atoms with Crippen LogP contribution < -0.4 is 10.2 Å². The third kappa shape index (κ3) is 2.95. The van der Waals surface area contributed by atoms with Gasteiger partial charge in [0.2, 0.25) is 0 Å². The molecule has 6 rings (SSSR count). The number of anilines is 1. The van der Waals surface area contributed by atoms with Crippen molar-refractivity contribution >= 4 is 33.2 Å². The maximum atomic E-state index is 4.96. The minimum Gasteiger partial charge on any atom is -0.368 e. The fraction of sp³-hybridized carbons (Fsp3) is 0.364. The van der Waals surface area contributed by atoms with E-state index in [9.17, 15) is 0 Å². The highest BCUT2D eigenvalue weighted by atomic mass is 15.2. The molecular formula is C22H24N8. The number of aromatic nitrogens is 6.